The summed E-state index contributed by atoms with van der Waals surface area (Å²) >= 11 is 0. The summed E-state index contributed by atoms with van der Waals surface area (Å²) < 4.78 is 5.22. The molecule has 1 aromatic carbocycles. The molecule has 1 aromatic heterocycles. The van der Waals surface area contributed by atoms with Crippen LogP contribution in [0, 0.1) is 0 Å². The van der Waals surface area contributed by atoms with Gasteiger partial charge in [0.2, 0.25) is 0 Å². The molecule has 0 amide bonds. The Hall–Kier alpha value is -2.37. The van der Waals surface area contributed by atoms with Crippen molar-refractivity contribution in [3.8, 4) is 0 Å². The number of aliphatic carboxylic acids is 1. The number of para-hydroxylation sites is 2. The van der Waals surface area contributed by atoms with E-state index in [9.17, 15) is 4.79 Å². The van der Waals surface area contributed by atoms with Crippen molar-refractivity contribution in [3.63, 3.8) is 0 Å². The van der Waals surface area contributed by atoms with Gasteiger partial charge in [0.05, 0.1) is 0 Å². The summed E-state index contributed by atoms with van der Waals surface area (Å²) in [4.78, 5) is 14.1. The van der Waals surface area contributed by atoms with Gasteiger partial charge >= 0.3 is 12.0 Å². The maximum Gasteiger partial charge on any atom is 0.348 e. The first-order valence-electron chi connectivity index (χ1n) is 4.13. The lowest BCUT2D eigenvalue weighted by Crippen LogP contribution is -1.98. The molecule has 0 radical (unpaired) electrons. The van der Waals surface area contributed by atoms with Crippen LogP contribution in [0.5, 0.6) is 0 Å². The summed E-state index contributed by atoms with van der Waals surface area (Å²) in [5.74, 6) is -1.14. The van der Waals surface area contributed by atoms with Gasteiger partial charge < -0.3 is 9.52 Å². The largest absolute Gasteiger partial charge is 0.477 e. The number of oxazole rings is 1. The molecule has 0 bridgehead atoms. The third-order valence-electron chi connectivity index (χ3n) is 1.63. The van der Waals surface area contributed by atoms with Crippen LogP contribution in [0.2, 0.25) is 0 Å². The molecule has 0 aliphatic heterocycles. The smallest absolute Gasteiger partial charge is 0.348 e. The van der Waals surface area contributed by atoms with E-state index in [4.69, 9.17) is 9.52 Å². The highest BCUT2D eigenvalue weighted by Crippen LogP contribution is 2.17. The van der Waals surface area contributed by atoms with Crippen LogP contribution in [0.4, 0.5) is 6.01 Å². The molecular weight excluding hydrogens is 198 g/mol. The zero-order valence-electron chi connectivity index (χ0n) is 7.54. The van der Waals surface area contributed by atoms with E-state index >= 15 is 0 Å². The third kappa shape index (κ3) is 2.11. The van der Waals surface area contributed by atoms with Crippen molar-refractivity contribution in [2.75, 3.05) is 5.43 Å². The summed E-state index contributed by atoms with van der Waals surface area (Å²) in [7, 11) is 0. The van der Waals surface area contributed by atoms with E-state index in [2.05, 4.69) is 15.5 Å². The summed E-state index contributed by atoms with van der Waals surface area (Å²) in [6, 6.07) is 7.35. The monoisotopic (exact) mass is 205 g/mol. The van der Waals surface area contributed by atoms with E-state index in [0.717, 1.165) is 6.21 Å². The highest BCUT2D eigenvalue weighted by molar-refractivity contribution is 6.22. The summed E-state index contributed by atoms with van der Waals surface area (Å²) in [5.41, 5.74) is 3.68. The predicted molar refractivity (Wildman–Crippen MR) is 53.8 cm³/mol. The predicted octanol–water partition coefficient (Wildman–Crippen LogP) is 1.31. The van der Waals surface area contributed by atoms with Gasteiger partial charge in [-0.2, -0.15) is 10.1 Å². The standard InChI is InChI=1S/C9H7N3O3/c13-8(14)5-10-12-9-11-6-3-1-2-4-7(6)15-9/h1-5H,(H,11,12)(H,13,14)/b10-5+. The molecule has 0 atom stereocenters. The van der Waals surface area contributed by atoms with Crippen molar-refractivity contribution in [1.82, 2.24) is 4.98 Å². The molecule has 0 spiro atoms. The van der Waals surface area contributed by atoms with Crippen LogP contribution in [0.3, 0.4) is 0 Å². The molecule has 0 fully saturated rings. The van der Waals surface area contributed by atoms with Gasteiger partial charge in [-0.3, -0.25) is 0 Å². The Morgan fingerprint density at radius 2 is 2.33 bits per heavy atom. The number of rotatable bonds is 3. The van der Waals surface area contributed by atoms with Gasteiger partial charge in [0.25, 0.3) is 0 Å². The second kappa shape index (κ2) is 3.79. The molecule has 0 aliphatic carbocycles. The number of benzene rings is 1. The number of carbonyl (C=O) groups is 1. The Labute approximate surface area is 84.2 Å². The normalized spacial score (nSPS) is 10.9. The number of hydrazone groups is 1. The van der Waals surface area contributed by atoms with E-state index in [1.54, 1.807) is 12.1 Å². The molecule has 0 aliphatic rings. The van der Waals surface area contributed by atoms with Crippen molar-refractivity contribution >= 4 is 29.3 Å². The first kappa shape index (κ1) is 9.20. The van der Waals surface area contributed by atoms with Gasteiger partial charge in [-0.15, -0.1) is 0 Å². The number of fused-ring (bicyclic) bond motifs is 1. The molecular formula is C9H7N3O3. The Morgan fingerprint density at radius 3 is 3.07 bits per heavy atom. The van der Waals surface area contributed by atoms with Crippen molar-refractivity contribution in [3.05, 3.63) is 24.3 Å². The van der Waals surface area contributed by atoms with E-state index in [-0.39, 0.29) is 6.01 Å². The molecule has 76 valence electrons. The van der Waals surface area contributed by atoms with E-state index in [1.165, 1.54) is 0 Å². The first-order valence-corrected chi connectivity index (χ1v) is 4.13. The van der Waals surface area contributed by atoms with Crippen LogP contribution in [0.1, 0.15) is 0 Å². The van der Waals surface area contributed by atoms with Crippen LogP contribution >= 0.6 is 0 Å². The molecule has 15 heavy (non-hydrogen) atoms. The lowest BCUT2D eigenvalue weighted by molar-refractivity contribution is -0.128. The summed E-state index contributed by atoms with van der Waals surface area (Å²) in [6.07, 6.45) is 0.717. The van der Waals surface area contributed by atoms with Gasteiger partial charge in [-0.1, -0.05) is 12.1 Å². The van der Waals surface area contributed by atoms with Gasteiger partial charge in [0, 0.05) is 0 Å². The Morgan fingerprint density at radius 1 is 1.53 bits per heavy atom. The highest BCUT2D eigenvalue weighted by Gasteiger charge is 2.02. The lowest BCUT2D eigenvalue weighted by atomic mass is 10.3. The number of nitrogens with one attached hydrogen (secondary N) is 1. The molecule has 6 nitrogen and oxygen atoms in total. The van der Waals surface area contributed by atoms with Crippen LogP contribution < -0.4 is 5.43 Å². The van der Waals surface area contributed by atoms with Gasteiger partial charge in [0.1, 0.15) is 11.7 Å². The van der Waals surface area contributed by atoms with Crippen molar-refractivity contribution in [2.45, 2.75) is 0 Å². The Bertz CT molecular complexity index is 485. The molecule has 1 heterocycles. The van der Waals surface area contributed by atoms with Crippen molar-refractivity contribution in [1.29, 1.82) is 0 Å². The summed E-state index contributed by atoms with van der Waals surface area (Å²) in [5, 5.41) is 11.7. The Kier molecular flexibility index (Phi) is 2.32. The van der Waals surface area contributed by atoms with Crippen LogP contribution in [0.25, 0.3) is 11.1 Å². The average Bonchev–Trinajstić information content (AvgIpc) is 2.59. The molecule has 2 rings (SSSR count). The topological polar surface area (TPSA) is 87.7 Å². The maximum atomic E-state index is 10.1. The molecule has 0 saturated heterocycles. The van der Waals surface area contributed by atoms with Crippen LogP contribution in [0.15, 0.2) is 33.8 Å². The van der Waals surface area contributed by atoms with Gasteiger partial charge in [-0.05, 0) is 12.1 Å². The summed E-state index contributed by atoms with van der Waals surface area (Å²) in [6.45, 7) is 0. The molecule has 0 saturated carbocycles. The highest BCUT2D eigenvalue weighted by atomic mass is 16.4. The second-order valence-corrected chi connectivity index (χ2v) is 2.69. The van der Waals surface area contributed by atoms with Crippen LogP contribution in [-0.4, -0.2) is 22.3 Å². The number of nitrogens with zero attached hydrogens (tertiary/aromatic N) is 2. The first-order chi connectivity index (χ1) is 7.25. The minimum absolute atomic E-state index is 0.161. The molecule has 2 N–H and O–H groups in total. The number of carboxylic acid groups (broad SMARTS) is 1. The minimum atomic E-state index is -1.14. The third-order valence-corrected chi connectivity index (χ3v) is 1.63. The number of hydrogen-bond acceptors (Lipinski definition) is 5. The van der Waals surface area contributed by atoms with E-state index in [1.807, 2.05) is 12.1 Å². The fourth-order valence-electron chi connectivity index (χ4n) is 1.06. The molecule has 0 unspecified atom stereocenters. The Balaban J connectivity index is 2.19. The fourth-order valence-corrected chi connectivity index (χ4v) is 1.06. The number of anilines is 1. The SMILES string of the molecule is O=C(O)/C=N/Nc1nc2ccccc2o1. The van der Waals surface area contributed by atoms with Crippen molar-refractivity contribution in [2.24, 2.45) is 5.10 Å². The maximum absolute atomic E-state index is 10.1. The number of hydrogen-bond donors (Lipinski definition) is 2. The zero-order valence-corrected chi connectivity index (χ0v) is 7.54. The van der Waals surface area contributed by atoms with Gasteiger partial charge in [-0.25, -0.2) is 10.2 Å². The van der Waals surface area contributed by atoms with Crippen LogP contribution in [-0.2, 0) is 4.79 Å². The van der Waals surface area contributed by atoms with E-state index in [0.29, 0.717) is 11.1 Å². The van der Waals surface area contributed by atoms with Crippen molar-refractivity contribution < 1.29 is 14.3 Å². The minimum Gasteiger partial charge on any atom is -0.477 e. The average molecular weight is 205 g/mol. The zero-order chi connectivity index (χ0) is 10.7. The number of aromatic nitrogens is 1. The van der Waals surface area contributed by atoms with Gasteiger partial charge in [0.15, 0.2) is 5.58 Å². The molecule has 6 heteroatoms. The fraction of sp³-hybridized carbons (Fsp3) is 0. The lowest BCUT2D eigenvalue weighted by Gasteiger charge is -1.88. The second-order valence-electron chi connectivity index (χ2n) is 2.69. The quantitative estimate of drug-likeness (QED) is 0.582. The molecule has 2 aromatic rings. The number of carboxylic acids is 1. The van der Waals surface area contributed by atoms with E-state index < -0.39 is 5.97 Å².